The van der Waals surface area contributed by atoms with Gasteiger partial charge in [-0.1, -0.05) is 18.2 Å². The summed E-state index contributed by atoms with van der Waals surface area (Å²) in [6, 6.07) is 10.8. The molecule has 1 aromatic heterocycles. The fourth-order valence-electron chi connectivity index (χ4n) is 2.35. The Kier molecular flexibility index (Phi) is 6.51. The Balaban J connectivity index is 1.96. The molecule has 6 heteroatoms. The Hall–Kier alpha value is -2.89. The second-order valence-corrected chi connectivity index (χ2v) is 5.88. The van der Waals surface area contributed by atoms with Crippen LogP contribution in [0.3, 0.4) is 0 Å². The summed E-state index contributed by atoms with van der Waals surface area (Å²) in [5, 5.41) is 5.61. The number of rotatable bonds is 7. The van der Waals surface area contributed by atoms with E-state index in [9.17, 15) is 9.59 Å². The minimum Gasteiger partial charge on any atom is -0.496 e. The lowest BCUT2D eigenvalue weighted by atomic mass is 10.1. The summed E-state index contributed by atoms with van der Waals surface area (Å²) in [6.45, 7) is 4.20. The van der Waals surface area contributed by atoms with Gasteiger partial charge in [-0.2, -0.15) is 0 Å². The summed E-state index contributed by atoms with van der Waals surface area (Å²) in [5.74, 6) is 0.267. The van der Waals surface area contributed by atoms with Crippen LogP contribution in [-0.2, 0) is 6.42 Å². The standard InChI is InChI=1S/C19H23N3O3/c1-13(2)22-19(24)16-12-15(9-10-20-16)18(23)21-11-8-14-6-4-5-7-17(14)25-3/h4-7,9-10,12-13H,8,11H2,1-3H3,(H,21,23)(H,22,24). The lowest BCUT2D eigenvalue weighted by molar-refractivity contribution is 0.0938. The third-order valence-corrected chi connectivity index (χ3v) is 3.55. The van der Waals surface area contributed by atoms with Crippen molar-refractivity contribution in [3.8, 4) is 5.75 Å². The molecule has 0 aliphatic carbocycles. The maximum absolute atomic E-state index is 12.3. The average Bonchev–Trinajstić information content (AvgIpc) is 2.61. The molecule has 0 spiro atoms. The highest BCUT2D eigenvalue weighted by atomic mass is 16.5. The maximum Gasteiger partial charge on any atom is 0.270 e. The molecule has 1 heterocycles. The van der Waals surface area contributed by atoms with Crippen LogP contribution in [0.2, 0.25) is 0 Å². The molecule has 0 fully saturated rings. The van der Waals surface area contributed by atoms with E-state index in [1.807, 2.05) is 38.1 Å². The molecule has 6 nitrogen and oxygen atoms in total. The summed E-state index contributed by atoms with van der Waals surface area (Å²) >= 11 is 0. The van der Waals surface area contributed by atoms with Crippen LogP contribution in [0.1, 0.15) is 40.3 Å². The molecular weight excluding hydrogens is 318 g/mol. The molecule has 0 radical (unpaired) electrons. The fraction of sp³-hybridized carbons (Fsp3) is 0.316. The molecule has 1 aromatic carbocycles. The SMILES string of the molecule is COc1ccccc1CCNC(=O)c1ccnc(C(=O)NC(C)C)c1. The highest BCUT2D eigenvalue weighted by Gasteiger charge is 2.12. The average molecular weight is 341 g/mol. The molecule has 0 bridgehead atoms. The largest absolute Gasteiger partial charge is 0.496 e. The van der Waals surface area contributed by atoms with E-state index < -0.39 is 0 Å². The van der Waals surface area contributed by atoms with Gasteiger partial charge in [0.05, 0.1) is 7.11 Å². The van der Waals surface area contributed by atoms with Gasteiger partial charge < -0.3 is 15.4 Å². The van der Waals surface area contributed by atoms with Crippen molar-refractivity contribution in [3.63, 3.8) is 0 Å². The zero-order chi connectivity index (χ0) is 18.2. The quantitative estimate of drug-likeness (QED) is 0.809. The molecule has 132 valence electrons. The number of para-hydroxylation sites is 1. The van der Waals surface area contributed by atoms with Crippen molar-refractivity contribution in [1.82, 2.24) is 15.6 Å². The molecule has 0 aliphatic rings. The molecule has 0 unspecified atom stereocenters. The number of amides is 2. The van der Waals surface area contributed by atoms with Gasteiger partial charge in [-0.15, -0.1) is 0 Å². The molecule has 2 N–H and O–H groups in total. The highest BCUT2D eigenvalue weighted by Crippen LogP contribution is 2.17. The first-order valence-corrected chi connectivity index (χ1v) is 8.18. The number of hydrogen-bond donors (Lipinski definition) is 2. The van der Waals surface area contributed by atoms with Gasteiger partial charge >= 0.3 is 0 Å². The van der Waals surface area contributed by atoms with Crippen LogP contribution in [0, 0.1) is 0 Å². The second-order valence-electron chi connectivity index (χ2n) is 5.88. The Labute approximate surface area is 147 Å². The van der Waals surface area contributed by atoms with Crippen LogP contribution in [0.4, 0.5) is 0 Å². The number of benzene rings is 1. The number of pyridine rings is 1. The molecule has 0 atom stereocenters. The van der Waals surface area contributed by atoms with Crippen molar-refractivity contribution in [3.05, 3.63) is 59.4 Å². The number of carbonyl (C=O) groups excluding carboxylic acids is 2. The third kappa shape index (κ3) is 5.31. The molecule has 2 rings (SSSR count). The normalized spacial score (nSPS) is 10.4. The van der Waals surface area contributed by atoms with Gasteiger partial charge in [-0.25, -0.2) is 0 Å². The summed E-state index contributed by atoms with van der Waals surface area (Å²) in [4.78, 5) is 28.3. The fourth-order valence-corrected chi connectivity index (χ4v) is 2.35. The van der Waals surface area contributed by atoms with E-state index in [4.69, 9.17) is 4.74 Å². The minimum absolute atomic E-state index is 0.00707. The van der Waals surface area contributed by atoms with Gasteiger partial charge in [0.2, 0.25) is 0 Å². The smallest absolute Gasteiger partial charge is 0.270 e. The van der Waals surface area contributed by atoms with Gasteiger partial charge in [0.1, 0.15) is 11.4 Å². The predicted octanol–water partition coefficient (Wildman–Crippen LogP) is 2.20. The van der Waals surface area contributed by atoms with Crippen LogP contribution in [0.25, 0.3) is 0 Å². The number of hydrogen-bond acceptors (Lipinski definition) is 4. The Bertz CT molecular complexity index is 744. The van der Waals surface area contributed by atoms with Crippen LogP contribution < -0.4 is 15.4 Å². The van der Waals surface area contributed by atoms with Gasteiger partial charge in [0, 0.05) is 24.3 Å². The molecule has 25 heavy (non-hydrogen) atoms. The van der Waals surface area contributed by atoms with Crippen molar-refractivity contribution in [2.75, 3.05) is 13.7 Å². The van der Waals surface area contributed by atoms with Gasteiger partial charge in [-0.05, 0) is 44.0 Å². The van der Waals surface area contributed by atoms with E-state index in [1.54, 1.807) is 13.2 Å². The number of methoxy groups -OCH3 is 1. The number of carbonyl (C=O) groups is 2. The molecule has 2 amide bonds. The Morgan fingerprint density at radius 3 is 2.64 bits per heavy atom. The van der Waals surface area contributed by atoms with Crippen LogP contribution in [0.15, 0.2) is 42.6 Å². The van der Waals surface area contributed by atoms with E-state index in [0.717, 1.165) is 11.3 Å². The number of nitrogens with one attached hydrogen (secondary N) is 2. The Morgan fingerprint density at radius 2 is 1.92 bits per heavy atom. The predicted molar refractivity (Wildman–Crippen MR) is 95.9 cm³/mol. The first kappa shape index (κ1) is 18.4. The van der Waals surface area contributed by atoms with E-state index in [-0.39, 0.29) is 23.6 Å². The summed E-state index contributed by atoms with van der Waals surface area (Å²) < 4.78 is 5.30. The summed E-state index contributed by atoms with van der Waals surface area (Å²) in [5.41, 5.74) is 1.66. The number of aromatic nitrogens is 1. The van der Waals surface area contributed by atoms with Crippen molar-refractivity contribution < 1.29 is 14.3 Å². The zero-order valence-corrected chi connectivity index (χ0v) is 14.7. The van der Waals surface area contributed by atoms with Crippen molar-refractivity contribution in [1.29, 1.82) is 0 Å². The second kappa shape index (κ2) is 8.82. The van der Waals surface area contributed by atoms with Crippen molar-refractivity contribution in [2.24, 2.45) is 0 Å². The third-order valence-electron chi connectivity index (χ3n) is 3.55. The topological polar surface area (TPSA) is 80.3 Å². The first-order chi connectivity index (χ1) is 12.0. The lowest BCUT2D eigenvalue weighted by Crippen LogP contribution is -2.31. The molecule has 2 aromatic rings. The highest BCUT2D eigenvalue weighted by molar-refractivity contribution is 5.98. The van der Waals surface area contributed by atoms with Crippen LogP contribution in [0.5, 0.6) is 5.75 Å². The number of ether oxygens (including phenoxy) is 1. The van der Waals surface area contributed by atoms with Gasteiger partial charge in [0.15, 0.2) is 0 Å². The molecule has 0 saturated heterocycles. The lowest BCUT2D eigenvalue weighted by Gasteiger charge is -2.10. The minimum atomic E-state index is -0.293. The first-order valence-electron chi connectivity index (χ1n) is 8.18. The van der Waals surface area contributed by atoms with Crippen molar-refractivity contribution >= 4 is 11.8 Å². The zero-order valence-electron chi connectivity index (χ0n) is 14.7. The van der Waals surface area contributed by atoms with E-state index in [2.05, 4.69) is 15.6 Å². The van der Waals surface area contributed by atoms with Gasteiger partial charge in [0.25, 0.3) is 11.8 Å². The van der Waals surface area contributed by atoms with E-state index in [0.29, 0.717) is 18.5 Å². The summed E-state index contributed by atoms with van der Waals surface area (Å²) in [7, 11) is 1.62. The van der Waals surface area contributed by atoms with E-state index in [1.165, 1.54) is 12.3 Å². The van der Waals surface area contributed by atoms with E-state index >= 15 is 0 Å². The summed E-state index contributed by atoms with van der Waals surface area (Å²) in [6.07, 6.45) is 2.12. The maximum atomic E-state index is 12.3. The Morgan fingerprint density at radius 1 is 1.16 bits per heavy atom. The molecule has 0 aliphatic heterocycles. The van der Waals surface area contributed by atoms with Crippen molar-refractivity contribution in [2.45, 2.75) is 26.3 Å². The van der Waals surface area contributed by atoms with Crippen LogP contribution >= 0.6 is 0 Å². The molecular formula is C19H23N3O3. The number of nitrogens with zero attached hydrogens (tertiary/aromatic N) is 1. The van der Waals surface area contributed by atoms with Crippen LogP contribution in [-0.4, -0.2) is 36.5 Å². The monoisotopic (exact) mass is 341 g/mol. The van der Waals surface area contributed by atoms with Gasteiger partial charge in [-0.3, -0.25) is 14.6 Å². The molecule has 0 saturated carbocycles.